The lowest BCUT2D eigenvalue weighted by atomic mass is 10.1. The number of aromatic nitrogens is 1. The number of hydrogen-bond acceptors (Lipinski definition) is 2. The molecule has 0 bridgehead atoms. The van der Waals surface area contributed by atoms with Gasteiger partial charge in [0.05, 0.1) is 0 Å². The average Bonchev–Trinajstić information content (AvgIpc) is 2.63. The Labute approximate surface area is 155 Å². The summed E-state index contributed by atoms with van der Waals surface area (Å²) in [6, 6.07) is 4.27. The first-order valence-corrected chi connectivity index (χ1v) is 9.29. The van der Waals surface area contributed by atoms with Gasteiger partial charge in [0.25, 0.3) is 5.92 Å². The molecule has 0 radical (unpaired) electrons. The van der Waals surface area contributed by atoms with Crippen LogP contribution in [0.3, 0.4) is 0 Å². The second-order valence-electron chi connectivity index (χ2n) is 6.36. The highest BCUT2D eigenvalue weighted by atomic mass is 19.3. The van der Waals surface area contributed by atoms with Gasteiger partial charge in [-0.25, -0.2) is 0 Å². The van der Waals surface area contributed by atoms with Gasteiger partial charge in [-0.3, -0.25) is 9.78 Å². The molecule has 1 rings (SSSR count). The molecule has 0 unspecified atom stereocenters. The Morgan fingerprint density at radius 3 is 2.77 bits per heavy atom. The molecule has 1 aromatic rings. The topological polar surface area (TPSA) is 30.0 Å². The van der Waals surface area contributed by atoms with Crippen molar-refractivity contribution in [2.75, 3.05) is 0 Å². The zero-order valence-corrected chi connectivity index (χ0v) is 15.6. The number of nitrogens with zero attached hydrogens (tertiary/aromatic N) is 1. The molecule has 4 heteroatoms. The lowest BCUT2D eigenvalue weighted by Gasteiger charge is -2.03. The van der Waals surface area contributed by atoms with Crippen LogP contribution in [0.5, 0.6) is 0 Å². The lowest BCUT2D eigenvalue weighted by Crippen LogP contribution is -2.07. The fraction of sp³-hybridized carbons (Fsp3) is 0.455. The van der Waals surface area contributed by atoms with Crippen molar-refractivity contribution in [1.82, 2.24) is 4.98 Å². The summed E-state index contributed by atoms with van der Waals surface area (Å²) in [4.78, 5) is 15.8. The Kier molecular flexibility index (Phi) is 10.4. The molecule has 26 heavy (non-hydrogen) atoms. The number of carbonyl (C=O) groups is 1. The van der Waals surface area contributed by atoms with Gasteiger partial charge in [-0.05, 0) is 68.0 Å². The quantitative estimate of drug-likeness (QED) is 0.244. The minimum atomic E-state index is -3.12. The summed E-state index contributed by atoms with van der Waals surface area (Å²) in [5, 5.41) is 0. The normalized spacial score (nSPS) is 12.1. The van der Waals surface area contributed by atoms with Gasteiger partial charge in [-0.2, -0.15) is 8.78 Å². The first-order chi connectivity index (χ1) is 12.5. The van der Waals surface area contributed by atoms with Crippen LogP contribution >= 0.6 is 0 Å². The summed E-state index contributed by atoms with van der Waals surface area (Å²) >= 11 is 0. The highest BCUT2D eigenvalue weighted by Crippen LogP contribution is 2.16. The number of rotatable bonds is 13. The molecule has 0 aliphatic heterocycles. The van der Waals surface area contributed by atoms with E-state index >= 15 is 0 Å². The van der Waals surface area contributed by atoms with Crippen molar-refractivity contribution >= 4 is 5.78 Å². The maximum absolute atomic E-state index is 12.9. The van der Waals surface area contributed by atoms with Gasteiger partial charge in [-0.1, -0.05) is 38.5 Å². The molecular weight excluding hydrogens is 332 g/mol. The molecule has 0 saturated heterocycles. The van der Waals surface area contributed by atoms with Crippen molar-refractivity contribution in [2.45, 2.75) is 64.2 Å². The molecule has 0 N–H and O–H groups in total. The molecule has 142 valence electrons. The predicted molar refractivity (Wildman–Crippen MR) is 103 cm³/mol. The van der Waals surface area contributed by atoms with Crippen molar-refractivity contribution in [3.05, 3.63) is 66.5 Å². The number of pyridine rings is 1. The van der Waals surface area contributed by atoms with E-state index in [0.717, 1.165) is 56.7 Å². The van der Waals surface area contributed by atoms with E-state index in [-0.39, 0.29) is 12.2 Å². The first kappa shape index (κ1) is 21.9. The minimum Gasteiger partial charge on any atom is -0.295 e. The van der Waals surface area contributed by atoms with Crippen LogP contribution in [0.1, 0.15) is 56.7 Å². The van der Waals surface area contributed by atoms with Gasteiger partial charge < -0.3 is 0 Å². The fourth-order valence-electron chi connectivity index (χ4n) is 2.50. The van der Waals surface area contributed by atoms with Gasteiger partial charge in [0.15, 0.2) is 5.78 Å². The van der Waals surface area contributed by atoms with E-state index < -0.39 is 5.92 Å². The highest BCUT2D eigenvalue weighted by molar-refractivity contribution is 5.90. The van der Waals surface area contributed by atoms with Crippen LogP contribution in [0.15, 0.2) is 55.3 Å². The SMILES string of the molecule is C=CC(F)(F)/C=C/C(=O)C/C=C/CCCCCc1ccnc(CCC)c1. The summed E-state index contributed by atoms with van der Waals surface area (Å²) in [6.07, 6.45) is 15.2. The van der Waals surface area contributed by atoms with Crippen LogP contribution in [-0.2, 0) is 17.6 Å². The number of alkyl halides is 2. The number of halogens is 2. The molecule has 0 saturated carbocycles. The summed E-state index contributed by atoms with van der Waals surface area (Å²) < 4.78 is 25.8. The third-order valence-electron chi connectivity index (χ3n) is 3.97. The van der Waals surface area contributed by atoms with Crippen molar-refractivity contribution in [2.24, 2.45) is 0 Å². The lowest BCUT2D eigenvalue weighted by molar-refractivity contribution is -0.113. The number of unbranched alkanes of at least 4 members (excludes halogenated alkanes) is 3. The molecule has 0 aromatic carbocycles. The van der Waals surface area contributed by atoms with Gasteiger partial charge in [0.2, 0.25) is 0 Å². The van der Waals surface area contributed by atoms with E-state index in [2.05, 4.69) is 30.6 Å². The Morgan fingerprint density at radius 1 is 1.23 bits per heavy atom. The van der Waals surface area contributed by atoms with E-state index in [1.165, 1.54) is 5.56 Å². The molecule has 0 spiro atoms. The van der Waals surface area contributed by atoms with E-state index in [1.54, 1.807) is 6.08 Å². The smallest absolute Gasteiger partial charge is 0.285 e. The van der Waals surface area contributed by atoms with Gasteiger partial charge in [0, 0.05) is 18.3 Å². The zero-order chi connectivity index (χ0) is 19.3. The zero-order valence-electron chi connectivity index (χ0n) is 15.6. The van der Waals surface area contributed by atoms with E-state index in [0.29, 0.717) is 12.2 Å². The molecule has 0 atom stereocenters. The average molecular weight is 361 g/mol. The van der Waals surface area contributed by atoms with Crippen molar-refractivity contribution in [3.8, 4) is 0 Å². The number of hydrogen-bond donors (Lipinski definition) is 0. The fourth-order valence-corrected chi connectivity index (χ4v) is 2.50. The van der Waals surface area contributed by atoms with Gasteiger partial charge in [0.1, 0.15) is 0 Å². The van der Waals surface area contributed by atoms with Crippen LogP contribution in [0, 0.1) is 0 Å². The summed E-state index contributed by atoms with van der Waals surface area (Å²) in [5.74, 6) is -3.45. The molecule has 0 aliphatic rings. The van der Waals surface area contributed by atoms with Crippen molar-refractivity contribution in [3.63, 3.8) is 0 Å². The van der Waals surface area contributed by atoms with Gasteiger partial charge >= 0.3 is 0 Å². The number of aryl methyl sites for hydroxylation is 2. The number of allylic oxidation sites excluding steroid dienone is 5. The van der Waals surface area contributed by atoms with Crippen LogP contribution in [0.2, 0.25) is 0 Å². The standard InChI is InChI=1S/C22H29F2NO/c1-3-11-20-18-19(15-17-25-20)12-9-7-5-6-8-10-13-21(26)14-16-22(23,24)4-2/h4,8,10,14-18H,2-3,5-7,9,11-13H2,1H3/b10-8+,16-14+. The Hall–Kier alpha value is -2.10. The van der Waals surface area contributed by atoms with Crippen molar-refractivity contribution in [1.29, 1.82) is 0 Å². The second-order valence-corrected chi connectivity index (χ2v) is 6.36. The number of ketones is 1. The van der Waals surface area contributed by atoms with Gasteiger partial charge in [-0.15, -0.1) is 0 Å². The Bertz CT molecular complexity index is 620. The van der Waals surface area contributed by atoms with E-state index in [4.69, 9.17) is 0 Å². The van der Waals surface area contributed by atoms with E-state index in [9.17, 15) is 13.6 Å². The molecular formula is C22H29F2NO. The monoisotopic (exact) mass is 361 g/mol. The van der Waals surface area contributed by atoms with Crippen molar-refractivity contribution < 1.29 is 13.6 Å². The summed E-state index contributed by atoms with van der Waals surface area (Å²) in [5.41, 5.74) is 2.50. The summed E-state index contributed by atoms with van der Waals surface area (Å²) in [6.45, 7) is 5.18. The highest BCUT2D eigenvalue weighted by Gasteiger charge is 2.18. The van der Waals surface area contributed by atoms with Crippen LogP contribution in [-0.4, -0.2) is 16.7 Å². The van der Waals surface area contributed by atoms with Crippen LogP contribution < -0.4 is 0 Å². The molecule has 2 nitrogen and oxygen atoms in total. The predicted octanol–water partition coefficient (Wildman–Crippen LogP) is 6.03. The Morgan fingerprint density at radius 2 is 2.04 bits per heavy atom. The minimum absolute atomic E-state index is 0.154. The molecule has 1 heterocycles. The third-order valence-corrected chi connectivity index (χ3v) is 3.97. The largest absolute Gasteiger partial charge is 0.295 e. The molecule has 1 aromatic heterocycles. The maximum Gasteiger partial charge on any atom is 0.285 e. The maximum atomic E-state index is 12.9. The molecule has 0 fully saturated rings. The summed E-state index contributed by atoms with van der Waals surface area (Å²) in [7, 11) is 0. The Balaban J connectivity index is 2.15. The first-order valence-electron chi connectivity index (χ1n) is 9.29. The molecule has 0 amide bonds. The van der Waals surface area contributed by atoms with Crippen LogP contribution in [0.4, 0.5) is 8.78 Å². The number of carbonyl (C=O) groups excluding carboxylic acids is 1. The molecule has 0 aliphatic carbocycles. The second kappa shape index (κ2) is 12.3. The van der Waals surface area contributed by atoms with Crippen LogP contribution in [0.25, 0.3) is 0 Å². The third kappa shape index (κ3) is 10.0. The van der Waals surface area contributed by atoms with E-state index in [1.807, 2.05) is 12.3 Å².